The smallest absolute Gasteiger partial charge is 0.0503 e. The molecule has 0 unspecified atom stereocenters. The lowest BCUT2D eigenvalue weighted by molar-refractivity contribution is 0.292. The Labute approximate surface area is 103 Å². The molecule has 1 aliphatic rings. The summed E-state index contributed by atoms with van der Waals surface area (Å²) in [5, 5.41) is 0. The van der Waals surface area contributed by atoms with Crippen LogP contribution < -0.4 is 0 Å². The van der Waals surface area contributed by atoms with Crippen LogP contribution in [0.2, 0.25) is 0 Å². The van der Waals surface area contributed by atoms with Crippen molar-refractivity contribution < 1.29 is 0 Å². The molecule has 0 spiro atoms. The molecule has 2 heteroatoms. The van der Waals surface area contributed by atoms with E-state index in [-0.39, 0.29) is 0 Å². The first-order chi connectivity index (χ1) is 7.04. The fraction of sp³-hybridized carbons (Fsp3) is 0.846. The van der Waals surface area contributed by atoms with Gasteiger partial charge in [0.25, 0.3) is 0 Å². The van der Waals surface area contributed by atoms with E-state index in [0.29, 0.717) is 5.41 Å². The Bertz CT molecular complexity index is 214. The lowest BCUT2D eigenvalue weighted by atomic mass is 9.83. The highest BCUT2D eigenvalue weighted by atomic mass is 32.2. The summed E-state index contributed by atoms with van der Waals surface area (Å²) in [5.41, 5.74) is 0.476. The molecule has 0 bridgehead atoms. The molecule has 0 atom stereocenters. The van der Waals surface area contributed by atoms with Gasteiger partial charge in [0.1, 0.15) is 0 Å². The van der Waals surface area contributed by atoms with Crippen molar-refractivity contribution in [1.82, 2.24) is 0 Å². The largest absolute Gasteiger partial charge is 0.147 e. The van der Waals surface area contributed by atoms with E-state index in [1.165, 1.54) is 24.3 Å². The third-order valence-electron chi connectivity index (χ3n) is 2.95. The Morgan fingerprint density at radius 1 is 1.27 bits per heavy atom. The molecular formula is C13H22S2. The van der Waals surface area contributed by atoms with Gasteiger partial charge in [0, 0.05) is 6.42 Å². The molecule has 0 aromatic heterocycles. The predicted octanol–water partition coefficient (Wildman–Crippen LogP) is 4.26. The predicted molar refractivity (Wildman–Crippen MR) is 74.3 cm³/mol. The molecule has 0 radical (unpaired) electrons. The van der Waals surface area contributed by atoms with Crippen molar-refractivity contribution in [1.29, 1.82) is 0 Å². The zero-order valence-electron chi connectivity index (χ0n) is 10.1. The van der Waals surface area contributed by atoms with Gasteiger partial charge < -0.3 is 0 Å². The first kappa shape index (κ1) is 13.3. The minimum Gasteiger partial charge on any atom is -0.147 e. The minimum atomic E-state index is 0.476. The molecule has 15 heavy (non-hydrogen) atoms. The van der Waals surface area contributed by atoms with Gasteiger partial charge in [0.15, 0.2) is 0 Å². The molecule has 1 saturated heterocycles. The molecule has 1 aliphatic heterocycles. The molecule has 0 aliphatic carbocycles. The molecule has 0 nitrogen and oxygen atoms in total. The summed E-state index contributed by atoms with van der Waals surface area (Å²) in [5.74, 6) is 6.25. The summed E-state index contributed by atoms with van der Waals surface area (Å²) < 4.78 is 0.803. The molecular weight excluding hydrogens is 220 g/mol. The summed E-state index contributed by atoms with van der Waals surface area (Å²) in [6, 6.07) is 0. The van der Waals surface area contributed by atoms with Crippen LogP contribution in [-0.4, -0.2) is 16.1 Å². The number of thioether (sulfide) groups is 2. The van der Waals surface area contributed by atoms with E-state index in [9.17, 15) is 0 Å². The lowest BCUT2D eigenvalue weighted by Gasteiger charge is -2.36. The highest BCUT2D eigenvalue weighted by molar-refractivity contribution is 8.17. The first-order valence-electron chi connectivity index (χ1n) is 5.70. The van der Waals surface area contributed by atoms with Crippen LogP contribution in [0.15, 0.2) is 0 Å². The lowest BCUT2D eigenvalue weighted by Crippen LogP contribution is -2.29. The topological polar surface area (TPSA) is 0 Å². The standard InChI is InChI=1S/C13H22S2/c1-5-6-7-8-12-14-9-11(10-15-12)13(2,3)4/h1,11-12H,6-10H2,2-4H3/t11-,12+. The summed E-state index contributed by atoms with van der Waals surface area (Å²) >= 11 is 4.29. The van der Waals surface area contributed by atoms with Crippen molar-refractivity contribution in [2.24, 2.45) is 11.3 Å². The van der Waals surface area contributed by atoms with Crippen molar-refractivity contribution in [3.05, 3.63) is 0 Å². The van der Waals surface area contributed by atoms with Gasteiger partial charge in [0.05, 0.1) is 4.58 Å². The zero-order valence-corrected chi connectivity index (χ0v) is 11.7. The van der Waals surface area contributed by atoms with E-state index in [1.807, 2.05) is 0 Å². The minimum absolute atomic E-state index is 0.476. The van der Waals surface area contributed by atoms with Crippen LogP contribution in [0.1, 0.15) is 40.0 Å². The van der Waals surface area contributed by atoms with E-state index < -0.39 is 0 Å². The average molecular weight is 242 g/mol. The van der Waals surface area contributed by atoms with Crippen LogP contribution in [0, 0.1) is 23.7 Å². The van der Waals surface area contributed by atoms with Gasteiger partial charge in [-0.15, -0.1) is 35.9 Å². The van der Waals surface area contributed by atoms with Crippen molar-refractivity contribution in [2.45, 2.75) is 44.6 Å². The average Bonchev–Trinajstić information content (AvgIpc) is 2.18. The van der Waals surface area contributed by atoms with E-state index >= 15 is 0 Å². The van der Waals surface area contributed by atoms with E-state index in [2.05, 4.69) is 50.2 Å². The van der Waals surface area contributed by atoms with Gasteiger partial charge in [-0.3, -0.25) is 0 Å². The van der Waals surface area contributed by atoms with Gasteiger partial charge >= 0.3 is 0 Å². The second kappa shape index (κ2) is 6.11. The second-order valence-electron chi connectivity index (χ2n) is 5.26. The van der Waals surface area contributed by atoms with Crippen molar-refractivity contribution in [2.75, 3.05) is 11.5 Å². The summed E-state index contributed by atoms with van der Waals surface area (Å²) in [6.07, 6.45) is 8.69. The van der Waals surface area contributed by atoms with Crippen LogP contribution in [0.4, 0.5) is 0 Å². The molecule has 0 amide bonds. The number of rotatable bonds is 3. The molecule has 1 heterocycles. The van der Waals surface area contributed by atoms with Crippen LogP contribution in [0.25, 0.3) is 0 Å². The third-order valence-corrected chi connectivity index (χ3v) is 6.17. The number of hydrogen-bond donors (Lipinski definition) is 0. The van der Waals surface area contributed by atoms with Gasteiger partial charge in [-0.05, 0) is 35.7 Å². The summed E-state index contributed by atoms with van der Waals surface area (Å²) in [6.45, 7) is 7.08. The second-order valence-corrected chi connectivity index (χ2v) is 8.03. The SMILES string of the molecule is C#CCCC[C@H]1SC[C@@H](C(C)(C)C)CS1. The zero-order chi connectivity index (χ0) is 11.3. The third kappa shape index (κ3) is 4.74. The van der Waals surface area contributed by atoms with Crippen LogP contribution in [0.3, 0.4) is 0 Å². The Morgan fingerprint density at radius 3 is 2.33 bits per heavy atom. The molecule has 86 valence electrons. The fourth-order valence-corrected chi connectivity index (χ4v) is 5.38. The van der Waals surface area contributed by atoms with Crippen molar-refractivity contribution in [3.63, 3.8) is 0 Å². The Kier molecular flexibility index (Phi) is 5.43. The molecule has 0 saturated carbocycles. The Balaban J connectivity index is 2.22. The summed E-state index contributed by atoms with van der Waals surface area (Å²) in [7, 11) is 0. The van der Waals surface area contributed by atoms with Gasteiger partial charge in [-0.25, -0.2) is 0 Å². The molecule has 1 fully saturated rings. The first-order valence-corrected chi connectivity index (χ1v) is 7.80. The van der Waals surface area contributed by atoms with Crippen LogP contribution in [0.5, 0.6) is 0 Å². The molecule has 0 N–H and O–H groups in total. The van der Waals surface area contributed by atoms with Crippen LogP contribution >= 0.6 is 23.5 Å². The van der Waals surface area contributed by atoms with E-state index in [0.717, 1.165) is 16.9 Å². The number of terminal acetylenes is 1. The fourth-order valence-electron chi connectivity index (χ4n) is 1.58. The maximum Gasteiger partial charge on any atom is 0.0503 e. The Hall–Kier alpha value is 0.260. The van der Waals surface area contributed by atoms with Crippen LogP contribution in [-0.2, 0) is 0 Å². The number of unbranched alkanes of at least 4 members (excludes halogenated alkanes) is 1. The van der Waals surface area contributed by atoms with E-state index in [1.54, 1.807) is 0 Å². The highest BCUT2D eigenvalue weighted by Crippen LogP contribution is 2.42. The Morgan fingerprint density at radius 2 is 1.87 bits per heavy atom. The maximum absolute atomic E-state index is 5.26. The monoisotopic (exact) mass is 242 g/mol. The maximum atomic E-state index is 5.26. The van der Waals surface area contributed by atoms with Gasteiger partial charge in [-0.2, -0.15) is 0 Å². The highest BCUT2D eigenvalue weighted by Gasteiger charge is 2.30. The van der Waals surface area contributed by atoms with Crippen molar-refractivity contribution >= 4 is 23.5 Å². The van der Waals surface area contributed by atoms with Gasteiger partial charge in [0.2, 0.25) is 0 Å². The normalized spacial score (nSPS) is 27.3. The van der Waals surface area contributed by atoms with Gasteiger partial charge in [-0.1, -0.05) is 20.8 Å². The molecule has 0 aromatic rings. The molecule has 1 rings (SSSR count). The van der Waals surface area contributed by atoms with Crippen molar-refractivity contribution in [3.8, 4) is 12.3 Å². The number of hydrogen-bond acceptors (Lipinski definition) is 2. The summed E-state index contributed by atoms with van der Waals surface area (Å²) in [4.78, 5) is 0. The molecule has 0 aromatic carbocycles. The van der Waals surface area contributed by atoms with E-state index in [4.69, 9.17) is 6.42 Å². The quantitative estimate of drug-likeness (QED) is 0.536.